The highest BCUT2D eigenvalue weighted by Gasteiger charge is 2.18. The number of hydrogen-bond donors (Lipinski definition) is 1. The van der Waals surface area contributed by atoms with Gasteiger partial charge in [0.1, 0.15) is 0 Å². The topological polar surface area (TPSA) is 92.8 Å². The molecule has 172 valence electrons. The van der Waals surface area contributed by atoms with E-state index >= 15 is 0 Å². The Morgan fingerprint density at radius 1 is 0.909 bits per heavy atom. The van der Waals surface area contributed by atoms with Gasteiger partial charge < -0.3 is 9.64 Å². The third-order valence-electron chi connectivity index (χ3n) is 4.98. The van der Waals surface area contributed by atoms with E-state index in [9.17, 15) is 18.0 Å². The van der Waals surface area contributed by atoms with Crippen LogP contribution in [0.3, 0.4) is 0 Å². The number of esters is 1. The highest BCUT2D eigenvalue weighted by molar-refractivity contribution is 7.89. The van der Waals surface area contributed by atoms with Crippen molar-refractivity contribution in [3.63, 3.8) is 0 Å². The average Bonchev–Trinajstić information content (AvgIpc) is 2.83. The van der Waals surface area contributed by atoms with Crippen molar-refractivity contribution in [1.82, 2.24) is 9.62 Å². The summed E-state index contributed by atoms with van der Waals surface area (Å²) in [6, 6.07) is 22.4. The van der Waals surface area contributed by atoms with Crippen LogP contribution in [0.4, 0.5) is 0 Å². The van der Waals surface area contributed by atoms with Crippen molar-refractivity contribution in [1.29, 1.82) is 0 Å². The number of rotatable bonds is 9. The number of ether oxygens (including phenoxy) is 1. The van der Waals surface area contributed by atoms with E-state index in [2.05, 4.69) is 4.72 Å². The van der Waals surface area contributed by atoms with Gasteiger partial charge in [-0.3, -0.25) is 4.79 Å². The first-order valence-electron chi connectivity index (χ1n) is 10.3. The van der Waals surface area contributed by atoms with Crippen LogP contribution in [-0.2, 0) is 32.6 Å². The second-order valence-electron chi connectivity index (χ2n) is 7.65. The molecule has 0 atom stereocenters. The van der Waals surface area contributed by atoms with Crippen molar-refractivity contribution in [3.05, 3.63) is 101 Å². The molecule has 0 aliphatic rings. The summed E-state index contributed by atoms with van der Waals surface area (Å²) in [6.45, 7) is 2.05. The number of carbonyl (C=O) groups excluding carboxylic acids is 2. The molecule has 0 aliphatic heterocycles. The summed E-state index contributed by atoms with van der Waals surface area (Å²) in [7, 11) is -2.20. The van der Waals surface area contributed by atoms with E-state index in [0.717, 1.165) is 16.7 Å². The van der Waals surface area contributed by atoms with Gasteiger partial charge in [-0.25, -0.2) is 17.9 Å². The van der Waals surface area contributed by atoms with Crippen molar-refractivity contribution in [2.45, 2.75) is 24.9 Å². The van der Waals surface area contributed by atoms with E-state index in [1.165, 1.54) is 29.2 Å². The fourth-order valence-corrected chi connectivity index (χ4v) is 4.09. The number of aryl methyl sites for hydroxylation is 1. The van der Waals surface area contributed by atoms with Crippen LogP contribution >= 0.6 is 0 Å². The lowest BCUT2D eigenvalue weighted by atomic mass is 10.1. The van der Waals surface area contributed by atoms with Crippen molar-refractivity contribution in [3.8, 4) is 0 Å². The van der Waals surface area contributed by atoms with Crippen LogP contribution in [0.15, 0.2) is 83.8 Å². The number of likely N-dealkylation sites (N-methyl/N-ethyl adjacent to an activating group) is 1. The van der Waals surface area contributed by atoms with E-state index in [-0.39, 0.29) is 22.9 Å². The predicted octanol–water partition coefficient (Wildman–Crippen LogP) is 3.29. The molecule has 8 heteroatoms. The molecule has 3 aromatic carbocycles. The molecule has 1 N–H and O–H groups in total. The lowest BCUT2D eigenvalue weighted by Crippen LogP contribution is -2.30. The molecule has 0 saturated heterocycles. The van der Waals surface area contributed by atoms with Gasteiger partial charge in [0.25, 0.3) is 5.91 Å². The maximum absolute atomic E-state index is 12.6. The summed E-state index contributed by atoms with van der Waals surface area (Å²) < 4.78 is 32.8. The van der Waals surface area contributed by atoms with Crippen LogP contribution < -0.4 is 4.72 Å². The monoisotopic (exact) mass is 466 g/mol. The third kappa shape index (κ3) is 7.00. The van der Waals surface area contributed by atoms with Gasteiger partial charge in [0.05, 0.1) is 10.5 Å². The minimum atomic E-state index is -3.83. The molecule has 0 aliphatic carbocycles. The molecule has 7 nitrogen and oxygen atoms in total. The van der Waals surface area contributed by atoms with Crippen LogP contribution in [0.1, 0.15) is 27.0 Å². The Balaban J connectivity index is 1.57. The highest BCUT2D eigenvalue weighted by Crippen LogP contribution is 2.14. The van der Waals surface area contributed by atoms with E-state index in [1.807, 2.05) is 61.5 Å². The number of benzene rings is 3. The molecular formula is C25H26N2O5S. The number of amides is 1. The molecule has 0 unspecified atom stereocenters. The fraction of sp³-hybridized carbons (Fsp3) is 0.200. The average molecular weight is 467 g/mol. The normalized spacial score (nSPS) is 11.1. The standard InChI is InChI=1S/C25H26N2O5S/c1-19-11-13-21(14-12-19)17-27(2)24(28)18-32-25(29)22-9-6-10-23(15-22)33(30,31)26-16-20-7-4-3-5-8-20/h3-15,26H,16-18H2,1-2H3. The second-order valence-corrected chi connectivity index (χ2v) is 9.42. The van der Waals surface area contributed by atoms with Gasteiger partial charge in [-0.1, -0.05) is 66.2 Å². The van der Waals surface area contributed by atoms with Gasteiger partial charge in [-0.15, -0.1) is 0 Å². The fourth-order valence-electron chi connectivity index (χ4n) is 3.02. The minimum Gasteiger partial charge on any atom is -0.452 e. The van der Waals surface area contributed by atoms with E-state index in [4.69, 9.17) is 4.74 Å². The molecule has 1 amide bonds. The van der Waals surface area contributed by atoms with Gasteiger partial charge >= 0.3 is 5.97 Å². The van der Waals surface area contributed by atoms with Gasteiger partial charge in [-0.05, 0) is 36.2 Å². The SMILES string of the molecule is Cc1ccc(CN(C)C(=O)COC(=O)c2cccc(S(=O)(=O)NCc3ccccc3)c2)cc1. The molecule has 3 rings (SSSR count). The maximum atomic E-state index is 12.6. The summed E-state index contributed by atoms with van der Waals surface area (Å²) in [6.07, 6.45) is 0. The Morgan fingerprint density at radius 2 is 1.61 bits per heavy atom. The number of nitrogens with one attached hydrogen (secondary N) is 1. The molecule has 0 saturated carbocycles. The zero-order chi connectivity index (χ0) is 23.8. The molecular weight excluding hydrogens is 440 g/mol. The van der Waals surface area contributed by atoms with Crippen molar-refractivity contribution in [2.75, 3.05) is 13.7 Å². The third-order valence-corrected chi connectivity index (χ3v) is 6.38. The Hall–Kier alpha value is -3.49. The van der Waals surface area contributed by atoms with Gasteiger partial charge in [0.15, 0.2) is 6.61 Å². The smallest absolute Gasteiger partial charge is 0.338 e. The summed E-state index contributed by atoms with van der Waals surface area (Å²) in [5, 5.41) is 0. The number of carbonyl (C=O) groups is 2. The van der Waals surface area contributed by atoms with E-state index < -0.39 is 22.6 Å². The Bertz CT molecular complexity index is 1210. The Labute approximate surface area is 194 Å². The Kier molecular flexibility index (Phi) is 7.97. The minimum absolute atomic E-state index is 0.0478. The first-order chi connectivity index (χ1) is 15.7. The number of hydrogen-bond acceptors (Lipinski definition) is 5. The van der Waals surface area contributed by atoms with Gasteiger partial charge in [0, 0.05) is 20.1 Å². The Morgan fingerprint density at radius 3 is 2.30 bits per heavy atom. The van der Waals surface area contributed by atoms with Crippen LogP contribution in [0, 0.1) is 6.92 Å². The molecule has 0 aromatic heterocycles. The molecule has 0 fully saturated rings. The van der Waals surface area contributed by atoms with Crippen molar-refractivity contribution < 1.29 is 22.7 Å². The molecule has 0 bridgehead atoms. The van der Waals surface area contributed by atoms with Crippen LogP contribution in [-0.4, -0.2) is 38.8 Å². The number of nitrogens with zero attached hydrogens (tertiary/aromatic N) is 1. The second kappa shape index (κ2) is 10.9. The van der Waals surface area contributed by atoms with Gasteiger partial charge in [-0.2, -0.15) is 0 Å². The largest absolute Gasteiger partial charge is 0.452 e. The molecule has 0 heterocycles. The molecule has 33 heavy (non-hydrogen) atoms. The quantitative estimate of drug-likeness (QED) is 0.489. The van der Waals surface area contributed by atoms with Gasteiger partial charge in [0.2, 0.25) is 10.0 Å². The molecule has 0 spiro atoms. The predicted molar refractivity (Wildman–Crippen MR) is 125 cm³/mol. The first kappa shape index (κ1) is 24.2. The molecule has 3 aromatic rings. The summed E-state index contributed by atoms with van der Waals surface area (Å²) in [5.41, 5.74) is 2.95. The van der Waals surface area contributed by atoms with Crippen molar-refractivity contribution in [2.24, 2.45) is 0 Å². The lowest BCUT2D eigenvalue weighted by molar-refractivity contribution is -0.133. The van der Waals surface area contributed by atoms with Crippen LogP contribution in [0.5, 0.6) is 0 Å². The number of sulfonamides is 1. The van der Waals surface area contributed by atoms with E-state index in [1.54, 1.807) is 7.05 Å². The summed E-state index contributed by atoms with van der Waals surface area (Å²) in [5.74, 6) is -1.13. The highest BCUT2D eigenvalue weighted by atomic mass is 32.2. The molecule has 0 radical (unpaired) electrons. The van der Waals surface area contributed by atoms with E-state index in [0.29, 0.717) is 6.54 Å². The summed E-state index contributed by atoms with van der Waals surface area (Å²) >= 11 is 0. The zero-order valence-corrected chi connectivity index (χ0v) is 19.3. The summed E-state index contributed by atoms with van der Waals surface area (Å²) in [4.78, 5) is 26.2. The zero-order valence-electron chi connectivity index (χ0n) is 18.5. The first-order valence-corrected chi connectivity index (χ1v) is 11.8. The lowest BCUT2D eigenvalue weighted by Gasteiger charge is -2.17. The van der Waals surface area contributed by atoms with Crippen LogP contribution in [0.25, 0.3) is 0 Å². The maximum Gasteiger partial charge on any atom is 0.338 e. The van der Waals surface area contributed by atoms with Crippen molar-refractivity contribution >= 4 is 21.9 Å². The van der Waals surface area contributed by atoms with Crippen LogP contribution in [0.2, 0.25) is 0 Å².